The smallest absolute Gasteiger partial charge is 0.265 e. The number of nitrogens with zero attached hydrogens (tertiary/aromatic N) is 3. The van der Waals surface area contributed by atoms with Crippen molar-refractivity contribution in [2.24, 2.45) is 15.8 Å². The van der Waals surface area contributed by atoms with E-state index in [0.29, 0.717) is 22.8 Å². The number of amidine groups is 1. The second kappa shape index (κ2) is 6.44. The van der Waals surface area contributed by atoms with Gasteiger partial charge in [0.1, 0.15) is 11.9 Å². The Morgan fingerprint density at radius 3 is 2.52 bits per heavy atom. The third kappa shape index (κ3) is 2.75. The van der Waals surface area contributed by atoms with Crippen molar-refractivity contribution in [3.63, 3.8) is 0 Å². The van der Waals surface area contributed by atoms with Crippen LogP contribution in [0.2, 0.25) is 0 Å². The lowest BCUT2D eigenvalue weighted by Gasteiger charge is -2.26. The van der Waals surface area contributed by atoms with Gasteiger partial charge in [-0.15, -0.1) is 4.59 Å². The molecular formula is C22H15F2N4O+. The zero-order chi connectivity index (χ0) is 20.0. The van der Waals surface area contributed by atoms with Crippen LogP contribution in [-0.2, 0) is 0 Å². The molecule has 0 saturated heterocycles. The fraction of sp³-hybridized carbons (Fsp3) is 0. The Kier molecular flexibility index (Phi) is 3.87. The first kappa shape index (κ1) is 17.4. The molecule has 1 aliphatic carbocycles. The normalized spacial score (nSPS) is 21.6. The lowest BCUT2D eigenvalue weighted by atomic mass is 10.0. The second-order valence-corrected chi connectivity index (χ2v) is 6.68. The first-order valence-electron chi connectivity index (χ1n) is 8.89. The summed E-state index contributed by atoms with van der Waals surface area (Å²) < 4.78 is 33.7. The molecule has 2 heterocycles. The minimum absolute atomic E-state index is 0.0511. The molecule has 7 heteroatoms. The molecule has 29 heavy (non-hydrogen) atoms. The number of quaternary nitrogens is 1. The molecule has 0 bridgehead atoms. The van der Waals surface area contributed by atoms with Gasteiger partial charge in [-0.05, 0) is 30.3 Å². The summed E-state index contributed by atoms with van der Waals surface area (Å²) in [4.78, 5) is 8.84. The van der Waals surface area contributed by atoms with Gasteiger partial charge < -0.3 is 4.74 Å². The van der Waals surface area contributed by atoms with Gasteiger partial charge in [-0.2, -0.15) is 10.8 Å². The van der Waals surface area contributed by atoms with E-state index >= 15 is 0 Å². The van der Waals surface area contributed by atoms with Crippen LogP contribution in [0.5, 0.6) is 11.5 Å². The summed E-state index contributed by atoms with van der Waals surface area (Å²) in [6.45, 7) is 0. The summed E-state index contributed by atoms with van der Waals surface area (Å²) in [5.74, 6) is 5.70. The maximum atomic E-state index is 14.8. The van der Waals surface area contributed by atoms with Crippen LogP contribution >= 0.6 is 0 Å². The van der Waals surface area contributed by atoms with Crippen molar-refractivity contribution in [2.45, 2.75) is 0 Å². The number of allylic oxidation sites excluding steroid dienone is 4. The number of nitrogens with two attached hydrogens (primary N) is 1. The first-order valence-corrected chi connectivity index (χ1v) is 8.89. The third-order valence-electron chi connectivity index (χ3n) is 4.87. The Morgan fingerprint density at radius 1 is 1.00 bits per heavy atom. The number of rotatable bonds is 4. The topological polar surface area (TPSA) is 60.0 Å². The Balaban J connectivity index is 1.52. The predicted molar refractivity (Wildman–Crippen MR) is 106 cm³/mol. The number of aliphatic imine (C=N–C) groups is 2. The maximum Gasteiger partial charge on any atom is 0.265 e. The van der Waals surface area contributed by atoms with Gasteiger partial charge in [0.15, 0.2) is 23.1 Å². The fourth-order valence-electron chi connectivity index (χ4n) is 3.31. The minimum Gasteiger partial charge on any atom is -0.451 e. The highest BCUT2D eigenvalue weighted by molar-refractivity contribution is 6.01. The Hall–Kier alpha value is -3.68. The Labute approximate surface area is 165 Å². The van der Waals surface area contributed by atoms with Crippen molar-refractivity contribution >= 4 is 12.1 Å². The van der Waals surface area contributed by atoms with Crippen molar-refractivity contribution in [1.29, 1.82) is 0 Å². The second-order valence-electron chi connectivity index (χ2n) is 6.68. The highest BCUT2D eigenvalue weighted by atomic mass is 19.1. The van der Waals surface area contributed by atoms with Gasteiger partial charge in [0.05, 0.1) is 18.0 Å². The number of hydrogen-bond donors (Lipinski definition) is 1. The monoisotopic (exact) mass is 389 g/mol. The SMILES string of the molecule is N[N+]12C=CN=CC1=C(C1=CC=C1)N=C2c1ccc(Oc2ccccc2F)c(F)c1. The van der Waals surface area contributed by atoms with Crippen LogP contribution in [0.4, 0.5) is 8.78 Å². The van der Waals surface area contributed by atoms with Crippen LogP contribution < -0.4 is 10.6 Å². The number of ether oxygens (including phenoxy) is 1. The zero-order valence-corrected chi connectivity index (χ0v) is 15.1. The molecule has 0 radical (unpaired) electrons. The molecule has 0 aromatic heterocycles. The lowest BCUT2D eigenvalue weighted by Crippen LogP contribution is -2.53. The van der Waals surface area contributed by atoms with Crippen molar-refractivity contribution in [2.75, 3.05) is 0 Å². The largest absolute Gasteiger partial charge is 0.451 e. The Bertz CT molecular complexity index is 1220. The fourth-order valence-corrected chi connectivity index (χ4v) is 3.31. The minimum atomic E-state index is -0.646. The van der Waals surface area contributed by atoms with Crippen molar-refractivity contribution < 1.29 is 18.1 Å². The van der Waals surface area contributed by atoms with Gasteiger partial charge in [-0.3, -0.25) is 4.99 Å². The summed E-state index contributed by atoms with van der Waals surface area (Å²) in [7, 11) is 0. The molecule has 2 aliphatic heterocycles. The predicted octanol–water partition coefficient (Wildman–Crippen LogP) is 4.47. The van der Waals surface area contributed by atoms with Crippen LogP contribution in [0.15, 0.2) is 100 Å². The maximum absolute atomic E-state index is 14.8. The molecule has 5 rings (SSSR count). The number of benzene rings is 2. The third-order valence-corrected chi connectivity index (χ3v) is 4.87. The van der Waals surface area contributed by atoms with Gasteiger partial charge in [0, 0.05) is 5.57 Å². The molecule has 2 aromatic carbocycles. The van der Waals surface area contributed by atoms with E-state index in [1.807, 2.05) is 18.2 Å². The standard InChI is InChI=1S/C22H15F2N4O/c23-16-6-1-2-7-19(16)29-20-9-8-15(12-17(20)24)22-27-21(14-4-3-5-14)18-13-26-10-11-28(18,22)25/h1-13H,25H2/q+1. The molecule has 5 nitrogen and oxygen atoms in total. The van der Waals surface area contributed by atoms with Crippen LogP contribution in [0.3, 0.4) is 0 Å². The van der Waals surface area contributed by atoms with Gasteiger partial charge in [-0.25, -0.2) is 8.78 Å². The number of fused-ring (bicyclic) bond motifs is 1. The molecule has 3 aliphatic rings. The zero-order valence-electron chi connectivity index (χ0n) is 15.1. The van der Waals surface area contributed by atoms with Crippen LogP contribution in [0.1, 0.15) is 5.56 Å². The number of hydrogen-bond acceptors (Lipinski definition) is 4. The van der Waals surface area contributed by atoms with Crippen molar-refractivity contribution in [1.82, 2.24) is 0 Å². The van der Waals surface area contributed by atoms with E-state index in [2.05, 4.69) is 9.98 Å². The van der Waals surface area contributed by atoms with Gasteiger partial charge >= 0.3 is 0 Å². The van der Waals surface area contributed by atoms with Crippen molar-refractivity contribution in [3.8, 4) is 11.5 Å². The van der Waals surface area contributed by atoms with E-state index in [0.717, 1.165) is 5.57 Å². The summed E-state index contributed by atoms with van der Waals surface area (Å²) in [5, 5.41) is 0. The van der Waals surface area contributed by atoms with E-state index < -0.39 is 11.6 Å². The van der Waals surface area contributed by atoms with Crippen LogP contribution in [0, 0.1) is 11.6 Å². The first-order chi connectivity index (χ1) is 14.1. The van der Waals surface area contributed by atoms with E-state index in [1.165, 1.54) is 30.3 Å². The van der Waals surface area contributed by atoms with E-state index in [-0.39, 0.29) is 16.1 Å². The van der Waals surface area contributed by atoms with E-state index in [1.54, 1.807) is 30.7 Å². The molecule has 0 spiro atoms. The number of para-hydroxylation sites is 1. The summed E-state index contributed by atoms with van der Waals surface area (Å²) >= 11 is 0. The molecule has 0 fully saturated rings. The summed E-state index contributed by atoms with van der Waals surface area (Å²) in [5.41, 5.74) is 2.82. The van der Waals surface area contributed by atoms with Gasteiger partial charge in [0.25, 0.3) is 5.84 Å². The molecule has 0 saturated carbocycles. The molecule has 2 aromatic rings. The highest BCUT2D eigenvalue weighted by Crippen LogP contribution is 2.37. The molecule has 2 N–H and O–H groups in total. The van der Waals surface area contributed by atoms with Crippen LogP contribution in [0.25, 0.3) is 0 Å². The van der Waals surface area contributed by atoms with E-state index in [4.69, 9.17) is 10.6 Å². The summed E-state index contributed by atoms with van der Waals surface area (Å²) in [6.07, 6.45) is 10.7. The summed E-state index contributed by atoms with van der Waals surface area (Å²) in [6, 6.07) is 10.2. The molecule has 142 valence electrons. The molecular weight excluding hydrogens is 374 g/mol. The average molecular weight is 389 g/mol. The lowest BCUT2D eigenvalue weighted by molar-refractivity contribution is -0.750. The molecule has 0 amide bonds. The molecule has 1 unspecified atom stereocenters. The Morgan fingerprint density at radius 2 is 1.79 bits per heavy atom. The average Bonchev–Trinajstić information content (AvgIpc) is 2.97. The van der Waals surface area contributed by atoms with Crippen LogP contribution in [-0.4, -0.2) is 16.6 Å². The van der Waals surface area contributed by atoms with Crippen molar-refractivity contribution in [3.05, 3.63) is 107 Å². The highest BCUT2D eigenvalue weighted by Gasteiger charge is 2.45. The van der Waals surface area contributed by atoms with Gasteiger partial charge in [-0.1, -0.05) is 30.4 Å². The van der Waals surface area contributed by atoms with Gasteiger partial charge in [0.2, 0.25) is 5.70 Å². The number of halogens is 2. The quantitative estimate of drug-likeness (QED) is 0.620. The van der Waals surface area contributed by atoms with E-state index in [9.17, 15) is 8.78 Å². The molecule has 1 atom stereocenters.